The van der Waals surface area contributed by atoms with E-state index in [2.05, 4.69) is 5.32 Å². The fourth-order valence-electron chi connectivity index (χ4n) is 1.41. The van der Waals surface area contributed by atoms with Gasteiger partial charge in [-0.3, -0.25) is 4.79 Å². The summed E-state index contributed by atoms with van der Waals surface area (Å²) in [5.74, 6) is 0.909. The number of primary amides is 1. The van der Waals surface area contributed by atoms with E-state index in [1.54, 1.807) is 19.2 Å². The lowest BCUT2D eigenvalue weighted by atomic mass is 10.1. The number of nitrogens with one attached hydrogen (secondary N) is 1. The lowest BCUT2D eigenvalue weighted by Gasteiger charge is -2.11. The molecule has 0 bridgehead atoms. The van der Waals surface area contributed by atoms with Gasteiger partial charge in [-0.2, -0.15) is 0 Å². The zero-order chi connectivity index (χ0) is 12.7. The Morgan fingerprint density at radius 2 is 2.18 bits per heavy atom. The molecule has 0 aliphatic heterocycles. The lowest BCUT2D eigenvalue weighted by Crippen LogP contribution is -2.16. The van der Waals surface area contributed by atoms with Crippen LogP contribution in [-0.4, -0.2) is 33.2 Å². The molecule has 17 heavy (non-hydrogen) atoms. The third kappa shape index (κ3) is 4.32. The standard InChI is InChI=1S/C12H18N2O3/c1-14-5-6-17-10-4-3-9(8-12(13)15)7-11(10)16-2/h3-4,7,14H,5-6,8H2,1-2H3,(H2,13,15). The number of nitrogens with two attached hydrogens (primary N) is 1. The molecule has 0 aliphatic rings. The van der Waals surface area contributed by atoms with Gasteiger partial charge in [0.2, 0.25) is 5.91 Å². The van der Waals surface area contributed by atoms with Crippen LogP contribution in [0.2, 0.25) is 0 Å². The number of ether oxygens (including phenoxy) is 2. The number of rotatable bonds is 7. The van der Waals surface area contributed by atoms with Gasteiger partial charge in [0, 0.05) is 6.54 Å². The van der Waals surface area contributed by atoms with Crippen molar-refractivity contribution in [3.63, 3.8) is 0 Å². The molecular formula is C12H18N2O3. The Hall–Kier alpha value is -1.75. The third-order valence-electron chi connectivity index (χ3n) is 2.22. The third-order valence-corrected chi connectivity index (χ3v) is 2.22. The number of carbonyl (C=O) groups is 1. The molecule has 0 fully saturated rings. The van der Waals surface area contributed by atoms with Crippen LogP contribution in [0.4, 0.5) is 0 Å². The van der Waals surface area contributed by atoms with Gasteiger partial charge in [0.15, 0.2) is 11.5 Å². The molecule has 1 rings (SSSR count). The van der Waals surface area contributed by atoms with Crippen LogP contribution in [0, 0.1) is 0 Å². The molecule has 1 aromatic rings. The van der Waals surface area contributed by atoms with E-state index in [4.69, 9.17) is 15.2 Å². The van der Waals surface area contributed by atoms with Crippen LogP contribution in [-0.2, 0) is 11.2 Å². The van der Waals surface area contributed by atoms with Gasteiger partial charge in [0.05, 0.1) is 13.5 Å². The highest BCUT2D eigenvalue weighted by Gasteiger charge is 2.07. The van der Waals surface area contributed by atoms with Crippen LogP contribution in [0.5, 0.6) is 11.5 Å². The summed E-state index contributed by atoms with van der Waals surface area (Å²) in [4.78, 5) is 10.8. The molecule has 3 N–H and O–H groups in total. The molecule has 0 saturated carbocycles. The molecule has 0 radical (unpaired) electrons. The van der Waals surface area contributed by atoms with Crippen LogP contribution in [0.15, 0.2) is 18.2 Å². The predicted octanol–water partition coefficient (Wildman–Crippen LogP) is 0.321. The topological polar surface area (TPSA) is 73.6 Å². The van der Waals surface area contributed by atoms with Gasteiger partial charge in [0.1, 0.15) is 6.61 Å². The SMILES string of the molecule is CNCCOc1ccc(CC(N)=O)cc1OC. The average Bonchev–Trinajstić information content (AvgIpc) is 2.30. The summed E-state index contributed by atoms with van der Waals surface area (Å²) in [5.41, 5.74) is 5.95. The van der Waals surface area contributed by atoms with Crippen molar-refractivity contribution < 1.29 is 14.3 Å². The Labute approximate surface area is 101 Å². The van der Waals surface area contributed by atoms with E-state index in [1.165, 1.54) is 0 Å². The Morgan fingerprint density at radius 3 is 2.76 bits per heavy atom. The summed E-state index contributed by atoms with van der Waals surface area (Å²) in [7, 11) is 3.42. The van der Waals surface area contributed by atoms with Gasteiger partial charge in [0.25, 0.3) is 0 Å². The van der Waals surface area contributed by atoms with Gasteiger partial charge in [-0.15, -0.1) is 0 Å². The van der Waals surface area contributed by atoms with Crippen molar-refractivity contribution in [1.29, 1.82) is 0 Å². The van der Waals surface area contributed by atoms with Crippen molar-refractivity contribution in [2.45, 2.75) is 6.42 Å². The second-order valence-corrected chi connectivity index (χ2v) is 3.58. The number of benzene rings is 1. The minimum Gasteiger partial charge on any atom is -0.493 e. The summed E-state index contributed by atoms with van der Waals surface area (Å²) in [6.45, 7) is 1.31. The number of hydrogen-bond acceptors (Lipinski definition) is 4. The molecule has 1 aromatic carbocycles. The van der Waals surface area contributed by atoms with E-state index in [9.17, 15) is 4.79 Å². The maximum atomic E-state index is 10.8. The molecule has 0 saturated heterocycles. The monoisotopic (exact) mass is 238 g/mol. The van der Waals surface area contributed by atoms with E-state index in [0.29, 0.717) is 18.1 Å². The number of hydrogen-bond donors (Lipinski definition) is 2. The molecule has 0 atom stereocenters. The van der Waals surface area contributed by atoms with Crippen molar-refractivity contribution >= 4 is 5.91 Å². The molecule has 0 aromatic heterocycles. The highest BCUT2D eigenvalue weighted by Crippen LogP contribution is 2.28. The van der Waals surface area contributed by atoms with E-state index < -0.39 is 0 Å². The molecule has 0 spiro atoms. The van der Waals surface area contributed by atoms with Crippen LogP contribution in [0.25, 0.3) is 0 Å². The molecule has 5 nitrogen and oxygen atoms in total. The van der Waals surface area contributed by atoms with Crippen LogP contribution < -0.4 is 20.5 Å². The minimum absolute atomic E-state index is 0.202. The van der Waals surface area contributed by atoms with Crippen LogP contribution in [0.1, 0.15) is 5.56 Å². The van der Waals surface area contributed by atoms with Gasteiger partial charge in [-0.1, -0.05) is 6.07 Å². The molecule has 0 aliphatic carbocycles. The highest BCUT2D eigenvalue weighted by atomic mass is 16.5. The van der Waals surface area contributed by atoms with Crippen molar-refractivity contribution in [2.75, 3.05) is 27.3 Å². The van der Waals surface area contributed by atoms with Gasteiger partial charge < -0.3 is 20.5 Å². The first kappa shape index (κ1) is 13.3. The van der Waals surface area contributed by atoms with Crippen molar-refractivity contribution in [2.24, 2.45) is 5.73 Å². The second-order valence-electron chi connectivity index (χ2n) is 3.58. The summed E-state index contributed by atoms with van der Waals surface area (Å²) < 4.78 is 10.7. The highest BCUT2D eigenvalue weighted by molar-refractivity contribution is 5.76. The summed E-state index contributed by atoms with van der Waals surface area (Å²) >= 11 is 0. The molecule has 0 unspecified atom stereocenters. The molecule has 1 amide bonds. The Kier molecular flexibility index (Phi) is 5.29. The first-order chi connectivity index (χ1) is 8.17. The zero-order valence-electron chi connectivity index (χ0n) is 10.2. The zero-order valence-corrected chi connectivity index (χ0v) is 10.2. The molecule has 5 heteroatoms. The van der Waals surface area contributed by atoms with E-state index in [0.717, 1.165) is 12.1 Å². The van der Waals surface area contributed by atoms with E-state index in [1.807, 2.05) is 13.1 Å². The summed E-state index contributed by atoms with van der Waals surface area (Å²) in [5, 5.41) is 2.99. The maximum absolute atomic E-state index is 10.8. The first-order valence-electron chi connectivity index (χ1n) is 5.40. The van der Waals surface area contributed by atoms with E-state index >= 15 is 0 Å². The molecular weight excluding hydrogens is 220 g/mol. The average molecular weight is 238 g/mol. The second kappa shape index (κ2) is 6.75. The normalized spacial score (nSPS) is 10.0. The molecule has 0 heterocycles. The van der Waals surface area contributed by atoms with Gasteiger partial charge in [-0.05, 0) is 24.7 Å². The van der Waals surface area contributed by atoms with Crippen LogP contribution >= 0.6 is 0 Å². The van der Waals surface area contributed by atoms with Crippen molar-refractivity contribution in [1.82, 2.24) is 5.32 Å². The largest absolute Gasteiger partial charge is 0.493 e. The first-order valence-corrected chi connectivity index (χ1v) is 5.40. The number of likely N-dealkylation sites (N-methyl/N-ethyl adjacent to an activating group) is 1. The fourth-order valence-corrected chi connectivity index (χ4v) is 1.41. The lowest BCUT2D eigenvalue weighted by molar-refractivity contribution is -0.117. The Balaban J connectivity index is 2.74. The van der Waals surface area contributed by atoms with Gasteiger partial charge >= 0.3 is 0 Å². The van der Waals surface area contributed by atoms with Crippen LogP contribution in [0.3, 0.4) is 0 Å². The summed E-state index contributed by atoms with van der Waals surface area (Å²) in [6.07, 6.45) is 0.202. The smallest absolute Gasteiger partial charge is 0.221 e. The van der Waals surface area contributed by atoms with Gasteiger partial charge in [-0.25, -0.2) is 0 Å². The van der Waals surface area contributed by atoms with E-state index in [-0.39, 0.29) is 12.3 Å². The summed E-state index contributed by atoms with van der Waals surface area (Å²) in [6, 6.07) is 5.36. The van der Waals surface area contributed by atoms with Crippen molar-refractivity contribution in [3.05, 3.63) is 23.8 Å². The molecule has 94 valence electrons. The Bertz CT molecular complexity index is 380. The Morgan fingerprint density at radius 1 is 1.41 bits per heavy atom. The minimum atomic E-state index is -0.365. The maximum Gasteiger partial charge on any atom is 0.221 e. The van der Waals surface area contributed by atoms with Crippen molar-refractivity contribution in [3.8, 4) is 11.5 Å². The fraction of sp³-hybridized carbons (Fsp3) is 0.417. The number of amides is 1. The quantitative estimate of drug-likeness (QED) is 0.671. The predicted molar refractivity (Wildman–Crippen MR) is 65.3 cm³/mol. The number of methoxy groups -OCH3 is 1. The number of carbonyl (C=O) groups excluding carboxylic acids is 1.